The van der Waals surface area contributed by atoms with Crippen LogP contribution in [-0.2, 0) is 4.79 Å². The number of nitrogens with two attached hydrogens (primary N) is 1. The number of carbonyl (C=O) groups excluding carboxylic acids is 1. The number of aliphatic hydroxyl groups excluding tert-OH is 1. The lowest BCUT2D eigenvalue weighted by molar-refractivity contribution is -0.116. The van der Waals surface area contributed by atoms with Crippen LogP contribution in [0.2, 0.25) is 0 Å². The molecule has 1 unspecified atom stereocenters. The Kier molecular flexibility index (Phi) is 5.72. The van der Waals surface area contributed by atoms with Crippen molar-refractivity contribution < 1.29 is 14.3 Å². The van der Waals surface area contributed by atoms with E-state index in [1.54, 1.807) is 0 Å². The number of carbonyl (C=O) groups is 1. The molecule has 6 heteroatoms. The Bertz CT molecular complexity index is 440. The fourth-order valence-electron chi connectivity index (χ4n) is 1.50. The molecule has 0 saturated carbocycles. The van der Waals surface area contributed by atoms with Crippen molar-refractivity contribution in [2.24, 2.45) is 0 Å². The van der Waals surface area contributed by atoms with E-state index in [2.05, 4.69) is 5.32 Å². The number of aliphatic hydroxyl groups is 1. The molecule has 1 amide bonds. The van der Waals surface area contributed by atoms with Gasteiger partial charge in [-0.15, -0.1) is 0 Å². The summed E-state index contributed by atoms with van der Waals surface area (Å²) in [4.78, 5) is 13.6. The number of nitrogen functional groups attached to an aromatic ring is 1. The van der Waals surface area contributed by atoms with Crippen molar-refractivity contribution in [3.05, 3.63) is 24.0 Å². The van der Waals surface area contributed by atoms with Crippen molar-refractivity contribution in [3.63, 3.8) is 0 Å². The number of rotatable bonds is 6. The summed E-state index contributed by atoms with van der Waals surface area (Å²) in [5, 5.41) is 11.6. The first-order valence-electron chi connectivity index (χ1n) is 6.10. The third-order valence-corrected chi connectivity index (χ3v) is 3.00. The molecular weight excluding hydrogens is 249 g/mol. The van der Waals surface area contributed by atoms with Gasteiger partial charge in [0.25, 0.3) is 0 Å². The number of amides is 1. The fourth-order valence-corrected chi connectivity index (χ4v) is 1.50. The Balaban J connectivity index is 2.47. The van der Waals surface area contributed by atoms with Gasteiger partial charge in [0, 0.05) is 19.0 Å². The van der Waals surface area contributed by atoms with Gasteiger partial charge in [0.2, 0.25) is 5.91 Å². The second-order valence-corrected chi connectivity index (χ2v) is 4.54. The topological polar surface area (TPSA) is 78.6 Å². The maximum atomic E-state index is 12.8. The minimum Gasteiger partial charge on any atom is -0.397 e. The van der Waals surface area contributed by atoms with E-state index >= 15 is 0 Å². The average molecular weight is 269 g/mol. The van der Waals surface area contributed by atoms with E-state index in [1.807, 2.05) is 18.9 Å². The summed E-state index contributed by atoms with van der Waals surface area (Å²) in [6.07, 6.45) is 0.275. The standard InChI is InChI=1S/C13H20FN3O2/c1-9(8-18)17(2)6-5-13(19)16-12-4-3-10(14)7-11(12)15/h3-4,7,9,18H,5-6,8,15H2,1-2H3,(H,16,19). The molecule has 106 valence electrons. The van der Waals surface area contributed by atoms with Crippen LogP contribution in [0.3, 0.4) is 0 Å². The Hall–Kier alpha value is -1.66. The summed E-state index contributed by atoms with van der Waals surface area (Å²) in [6.45, 7) is 2.44. The third-order valence-electron chi connectivity index (χ3n) is 3.00. The van der Waals surface area contributed by atoms with Crippen LogP contribution in [0.1, 0.15) is 13.3 Å². The van der Waals surface area contributed by atoms with Gasteiger partial charge in [0.05, 0.1) is 18.0 Å². The first kappa shape index (κ1) is 15.4. The SMILES string of the molecule is CC(CO)N(C)CCC(=O)Nc1ccc(F)cc1N. The van der Waals surface area contributed by atoms with Crippen LogP contribution in [0.4, 0.5) is 15.8 Å². The van der Waals surface area contributed by atoms with E-state index in [4.69, 9.17) is 10.8 Å². The largest absolute Gasteiger partial charge is 0.397 e. The van der Waals surface area contributed by atoms with E-state index in [1.165, 1.54) is 12.1 Å². The molecule has 0 spiro atoms. The van der Waals surface area contributed by atoms with E-state index in [0.717, 1.165) is 6.07 Å². The predicted molar refractivity (Wildman–Crippen MR) is 73.2 cm³/mol. The molecular formula is C13H20FN3O2. The van der Waals surface area contributed by atoms with Crippen LogP contribution in [0.15, 0.2) is 18.2 Å². The van der Waals surface area contributed by atoms with Crippen LogP contribution in [-0.4, -0.2) is 42.2 Å². The molecule has 0 bridgehead atoms. The summed E-state index contributed by atoms with van der Waals surface area (Å²) in [7, 11) is 1.83. The van der Waals surface area contributed by atoms with Crippen LogP contribution in [0.25, 0.3) is 0 Å². The lowest BCUT2D eigenvalue weighted by atomic mass is 10.2. The molecule has 0 fully saturated rings. The van der Waals surface area contributed by atoms with Gasteiger partial charge in [-0.2, -0.15) is 0 Å². The Labute approximate surface area is 112 Å². The molecule has 0 heterocycles. The van der Waals surface area contributed by atoms with Gasteiger partial charge in [-0.05, 0) is 32.2 Å². The number of hydrogen-bond acceptors (Lipinski definition) is 4. The smallest absolute Gasteiger partial charge is 0.225 e. The molecule has 5 nitrogen and oxygen atoms in total. The Morgan fingerprint density at radius 2 is 2.26 bits per heavy atom. The zero-order valence-electron chi connectivity index (χ0n) is 11.2. The van der Waals surface area contributed by atoms with Crippen LogP contribution < -0.4 is 11.1 Å². The van der Waals surface area contributed by atoms with Gasteiger partial charge >= 0.3 is 0 Å². The first-order chi connectivity index (χ1) is 8.93. The van der Waals surface area contributed by atoms with Crippen LogP contribution >= 0.6 is 0 Å². The lowest BCUT2D eigenvalue weighted by Crippen LogP contribution is -2.34. The van der Waals surface area contributed by atoms with Crippen molar-refractivity contribution >= 4 is 17.3 Å². The van der Waals surface area contributed by atoms with Gasteiger partial charge in [0.1, 0.15) is 5.82 Å². The second-order valence-electron chi connectivity index (χ2n) is 4.54. The molecule has 1 aromatic carbocycles. The number of benzene rings is 1. The Morgan fingerprint density at radius 3 is 2.84 bits per heavy atom. The number of nitrogens with one attached hydrogen (secondary N) is 1. The van der Waals surface area contributed by atoms with Crippen LogP contribution in [0, 0.1) is 5.82 Å². The van der Waals surface area contributed by atoms with Gasteiger partial charge in [-0.1, -0.05) is 0 Å². The highest BCUT2D eigenvalue weighted by atomic mass is 19.1. The molecule has 0 aliphatic heterocycles. The first-order valence-corrected chi connectivity index (χ1v) is 6.10. The third kappa shape index (κ3) is 4.84. The maximum absolute atomic E-state index is 12.8. The summed E-state index contributed by atoms with van der Waals surface area (Å²) in [5.74, 6) is -0.637. The summed E-state index contributed by atoms with van der Waals surface area (Å²) >= 11 is 0. The van der Waals surface area contributed by atoms with Crippen molar-refractivity contribution in [1.82, 2.24) is 4.90 Å². The molecule has 4 N–H and O–H groups in total. The number of likely N-dealkylation sites (N-methyl/N-ethyl adjacent to an activating group) is 1. The predicted octanol–water partition coefficient (Wildman–Crippen LogP) is 1.05. The number of hydrogen-bond donors (Lipinski definition) is 3. The number of nitrogens with zero attached hydrogens (tertiary/aromatic N) is 1. The monoisotopic (exact) mass is 269 g/mol. The molecule has 1 aromatic rings. The minimum atomic E-state index is -0.438. The normalized spacial score (nSPS) is 12.5. The minimum absolute atomic E-state index is 0.00342. The zero-order chi connectivity index (χ0) is 14.4. The van der Waals surface area contributed by atoms with Crippen LogP contribution in [0.5, 0.6) is 0 Å². The van der Waals surface area contributed by atoms with Crippen molar-refractivity contribution in [1.29, 1.82) is 0 Å². The van der Waals surface area contributed by atoms with Gasteiger partial charge in [0.15, 0.2) is 0 Å². The van der Waals surface area contributed by atoms with E-state index in [9.17, 15) is 9.18 Å². The highest BCUT2D eigenvalue weighted by molar-refractivity contribution is 5.93. The number of halogens is 1. The fraction of sp³-hybridized carbons (Fsp3) is 0.462. The molecule has 0 radical (unpaired) electrons. The second kappa shape index (κ2) is 7.06. The lowest BCUT2D eigenvalue weighted by Gasteiger charge is -2.22. The summed E-state index contributed by atoms with van der Waals surface area (Å²) in [6, 6.07) is 3.84. The molecule has 0 saturated heterocycles. The quantitative estimate of drug-likeness (QED) is 0.674. The van der Waals surface area contributed by atoms with Gasteiger partial charge < -0.3 is 21.1 Å². The van der Waals surface area contributed by atoms with Crippen molar-refractivity contribution in [3.8, 4) is 0 Å². The molecule has 0 aliphatic rings. The van der Waals surface area contributed by atoms with Gasteiger partial charge in [-0.3, -0.25) is 4.79 Å². The van der Waals surface area contributed by atoms with Gasteiger partial charge in [-0.25, -0.2) is 4.39 Å². The molecule has 0 aromatic heterocycles. The number of anilines is 2. The average Bonchev–Trinajstić information content (AvgIpc) is 2.38. The van der Waals surface area contributed by atoms with Crippen molar-refractivity contribution in [2.75, 3.05) is 31.2 Å². The highest BCUT2D eigenvalue weighted by Gasteiger charge is 2.11. The Morgan fingerprint density at radius 1 is 1.58 bits per heavy atom. The summed E-state index contributed by atoms with van der Waals surface area (Å²) in [5.41, 5.74) is 6.20. The molecule has 19 heavy (non-hydrogen) atoms. The highest BCUT2D eigenvalue weighted by Crippen LogP contribution is 2.19. The molecule has 1 rings (SSSR count). The van der Waals surface area contributed by atoms with E-state index in [-0.39, 0.29) is 30.7 Å². The molecule has 1 atom stereocenters. The zero-order valence-corrected chi connectivity index (χ0v) is 11.2. The van der Waals surface area contributed by atoms with Crippen molar-refractivity contribution in [2.45, 2.75) is 19.4 Å². The van der Waals surface area contributed by atoms with E-state index in [0.29, 0.717) is 12.2 Å². The maximum Gasteiger partial charge on any atom is 0.225 e. The van der Waals surface area contributed by atoms with E-state index < -0.39 is 5.82 Å². The molecule has 0 aliphatic carbocycles. The summed E-state index contributed by atoms with van der Waals surface area (Å²) < 4.78 is 12.8.